The summed E-state index contributed by atoms with van der Waals surface area (Å²) in [5, 5.41) is 18.3. The SMILES string of the molecule is CCCCCCCCCCCCCCCCCCCCCCCCCCC(=O)OC(COC(=O)CCCCCCCCCC)COP(=O)(O)OCC(O)CO. The second-order valence-electron chi connectivity index (χ2n) is 15.8. The molecule has 0 radical (unpaired) electrons. The summed E-state index contributed by atoms with van der Waals surface area (Å²) >= 11 is 0. The monoisotopic (exact) mass is 807 g/mol. The van der Waals surface area contributed by atoms with Crippen molar-refractivity contribution in [2.75, 3.05) is 26.4 Å². The Morgan fingerprint density at radius 1 is 0.473 bits per heavy atom. The number of carbonyl (C=O) groups excluding carboxylic acids is 2. The first-order chi connectivity index (χ1) is 26.7. The molecule has 3 atom stereocenters. The van der Waals surface area contributed by atoms with Gasteiger partial charge in [-0.25, -0.2) is 4.57 Å². The average molecular weight is 807 g/mol. The van der Waals surface area contributed by atoms with Crippen LogP contribution in [0.4, 0.5) is 0 Å². The first-order valence-electron chi connectivity index (χ1n) is 23.0. The molecule has 328 valence electrons. The van der Waals surface area contributed by atoms with Crippen molar-refractivity contribution in [1.82, 2.24) is 0 Å². The molecule has 0 aromatic carbocycles. The van der Waals surface area contributed by atoms with Gasteiger partial charge in [0, 0.05) is 12.8 Å². The minimum atomic E-state index is -4.60. The molecule has 3 unspecified atom stereocenters. The fraction of sp³-hybridized carbons (Fsp3) is 0.955. The first kappa shape index (κ1) is 54.0. The standard InChI is InChI=1S/C44H87O10P/c1-3-5-7-9-11-13-14-15-16-17-18-19-20-21-22-23-24-25-26-27-28-30-32-34-36-44(48)54-42(40-53-55(49,50)52-38-41(46)37-45)39-51-43(47)35-33-31-29-12-10-8-6-4-2/h41-42,45-46H,3-40H2,1-2H3,(H,49,50). The number of aliphatic hydroxyl groups is 2. The molecule has 0 aliphatic carbocycles. The van der Waals surface area contributed by atoms with Crippen LogP contribution in [0.2, 0.25) is 0 Å². The van der Waals surface area contributed by atoms with Gasteiger partial charge in [-0.2, -0.15) is 0 Å². The summed E-state index contributed by atoms with van der Waals surface area (Å²) in [4.78, 5) is 34.8. The minimum Gasteiger partial charge on any atom is -0.462 e. The fourth-order valence-electron chi connectivity index (χ4n) is 6.70. The van der Waals surface area contributed by atoms with Crippen molar-refractivity contribution in [3.05, 3.63) is 0 Å². The lowest BCUT2D eigenvalue weighted by Crippen LogP contribution is -2.29. The van der Waals surface area contributed by atoms with Crippen LogP contribution in [0.5, 0.6) is 0 Å². The van der Waals surface area contributed by atoms with Gasteiger partial charge in [-0.15, -0.1) is 0 Å². The third-order valence-electron chi connectivity index (χ3n) is 10.3. The van der Waals surface area contributed by atoms with Gasteiger partial charge in [0.25, 0.3) is 0 Å². The number of ether oxygens (including phenoxy) is 2. The predicted molar refractivity (Wildman–Crippen MR) is 224 cm³/mol. The maximum atomic E-state index is 12.6. The van der Waals surface area contributed by atoms with E-state index in [2.05, 4.69) is 18.4 Å². The third-order valence-corrected chi connectivity index (χ3v) is 11.2. The summed E-state index contributed by atoms with van der Waals surface area (Å²) in [6.07, 6.45) is 38.2. The largest absolute Gasteiger partial charge is 0.472 e. The van der Waals surface area contributed by atoms with Crippen LogP contribution in [0.3, 0.4) is 0 Å². The number of unbranched alkanes of at least 4 members (excludes halogenated alkanes) is 30. The molecule has 3 N–H and O–H groups in total. The molecule has 0 saturated heterocycles. The van der Waals surface area contributed by atoms with Gasteiger partial charge < -0.3 is 24.6 Å². The Labute approximate surface area is 337 Å². The molecule has 0 aliphatic heterocycles. The normalized spacial score (nSPS) is 13.8. The highest BCUT2D eigenvalue weighted by Crippen LogP contribution is 2.43. The quantitative estimate of drug-likeness (QED) is 0.0308. The second-order valence-corrected chi connectivity index (χ2v) is 17.3. The summed E-state index contributed by atoms with van der Waals surface area (Å²) in [5.74, 6) is -0.914. The van der Waals surface area contributed by atoms with Crippen LogP contribution in [0.25, 0.3) is 0 Å². The third kappa shape index (κ3) is 40.9. The van der Waals surface area contributed by atoms with E-state index >= 15 is 0 Å². The number of hydrogen-bond donors (Lipinski definition) is 3. The van der Waals surface area contributed by atoms with Crippen molar-refractivity contribution in [1.29, 1.82) is 0 Å². The molecular formula is C44H87O10P. The summed E-state index contributed by atoms with van der Waals surface area (Å²) in [5.41, 5.74) is 0. The highest BCUT2D eigenvalue weighted by Gasteiger charge is 2.27. The van der Waals surface area contributed by atoms with E-state index in [1.165, 1.54) is 154 Å². The van der Waals surface area contributed by atoms with E-state index in [1.807, 2.05) is 0 Å². The highest BCUT2D eigenvalue weighted by molar-refractivity contribution is 7.47. The number of phosphoric ester groups is 1. The molecule has 0 aromatic heterocycles. The molecule has 0 saturated carbocycles. The maximum absolute atomic E-state index is 12.6. The predicted octanol–water partition coefficient (Wildman–Crippen LogP) is 12.2. The van der Waals surface area contributed by atoms with Crippen LogP contribution in [0.1, 0.15) is 232 Å². The zero-order valence-electron chi connectivity index (χ0n) is 35.7. The Bertz CT molecular complexity index is 889. The van der Waals surface area contributed by atoms with E-state index in [0.29, 0.717) is 12.8 Å². The van der Waals surface area contributed by atoms with Crippen LogP contribution in [0.15, 0.2) is 0 Å². The van der Waals surface area contributed by atoms with Gasteiger partial charge in [0.1, 0.15) is 12.7 Å². The number of phosphoric acid groups is 1. The van der Waals surface area contributed by atoms with Crippen LogP contribution >= 0.6 is 7.82 Å². The molecule has 0 spiro atoms. The zero-order chi connectivity index (χ0) is 40.5. The van der Waals surface area contributed by atoms with E-state index in [9.17, 15) is 24.2 Å². The molecule has 0 heterocycles. The molecule has 0 amide bonds. The smallest absolute Gasteiger partial charge is 0.462 e. The topological polar surface area (TPSA) is 149 Å². The maximum Gasteiger partial charge on any atom is 0.472 e. The molecule has 10 nitrogen and oxygen atoms in total. The minimum absolute atomic E-state index is 0.192. The molecule has 0 fully saturated rings. The van der Waals surface area contributed by atoms with Crippen LogP contribution in [0, 0.1) is 0 Å². The molecule has 0 aromatic rings. The van der Waals surface area contributed by atoms with Gasteiger partial charge >= 0.3 is 19.8 Å². The number of aliphatic hydroxyl groups excluding tert-OH is 2. The van der Waals surface area contributed by atoms with Gasteiger partial charge in [-0.05, 0) is 12.8 Å². The Morgan fingerprint density at radius 2 is 0.782 bits per heavy atom. The number of carbonyl (C=O) groups is 2. The van der Waals surface area contributed by atoms with E-state index in [4.69, 9.17) is 19.1 Å². The Kier molecular flexibility index (Phi) is 40.4. The Balaban J connectivity index is 4.02. The lowest BCUT2D eigenvalue weighted by molar-refractivity contribution is -0.161. The fourth-order valence-corrected chi connectivity index (χ4v) is 7.49. The van der Waals surface area contributed by atoms with Crippen LogP contribution in [-0.2, 0) is 32.7 Å². The van der Waals surface area contributed by atoms with Gasteiger partial charge in [-0.1, -0.05) is 206 Å². The number of rotatable bonds is 44. The van der Waals surface area contributed by atoms with Crippen LogP contribution < -0.4 is 0 Å². The van der Waals surface area contributed by atoms with Crippen molar-refractivity contribution >= 4 is 19.8 Å². The number of esters is 2. The molecule has 0 rings (SSSR count). The summed E-state index contributed by atoms with van der Waals surface area (Å²) < 4.78 is 32.6. The van der Waals surface area contributed by atoms with Crippen molar-refractivity contribution in [3.63, 3.8) is 0 Å². The van der Waals surface area contributed by atoms with E-state index in [1.54, 1.807) is 0 Å². The van der Waals surface area contributed by atoms with Gasteiger partial charge in [0.15, 0.2) is 6.10 Å². The second kappa shape index (κ2) is 41.1. The van der Waals surface area contributed by atoms with Crippen molar-refractivity contribution < 1.29 is 47.8 Å². The number of hydrogen-bond acceptors (Lipinski definition) is 9. The first-order valence-corrected chi connectivity index (χ1v) is 24.5. The average Bonchev–Trinajstić information content (AvgIpc) is 3.17. The molecule has 0 aliphatic rings. The summed E-state index contributed by atoms with van der Waals surface area (Å²) in [7, 11) is -4.60. The van der Waals surface area contributed by atoms with E-state index in [0.717, 1.165) is 38.5 Å². The molecular weight excluding hydrogens is 719 g/mol. The van der Waals surface area contributed by atoms with Gasteiger partial charge in [0.2, 0.25) is 0 Å². The highest BCUT2D eigenvalue weighted by atomic mass is 31.2. The Hall–Kier alpha value is -1.03. The molecule has 55 heavy (non-hydrogen) atoms. The molecule has 0 bridgehead atoms. The van der Waals surface area contributed by atoms with Crippen molar-refractivity contribution in [2.45, 2.75) is 244 Å². The van der Waals surface area contributed by atoms with E-state index in [-0.39, 0.29) is 19.4 Å². The van der Waals surface area contributed by atoms with Gasteiger partial charge in [0.05, 0.1) is 19.8 Å². The zero-order valence-corrected chi connectivity index (χ0v) is 36.6. The lowest BCUT2D eigenvalue weighted by atomic mass is 10.0. The van der Waals surface area contributed by atoms with Gasteiger partial charge in [-0.3, -0.25) is 18.6 Å². The molecule has 11 heteroatoms. The lowest BCUT2D eigenvalue weighted by Gasteiger charge is -2.20. The Morgan fingerprint density at radius 3 is 1.13 bits per heavy atom. The summed E-state index contributed by atoms with van der Waals surface area (Å²) in [6, 6.07) is 0. The van der Waals surface area contributed by atoms with Crippen molar-refractivity contribution in [3.8, 4) is 0 Å². The van der Waals surface area contributed by atoms with Crippen molar-refractivity contribution in [2.24, 2.45) is 0 Å². The summed E-state index contributed by atoms with van der Waals surface area (Å²) in [6.45, 7) is 2.38. The van der Waals surface area contributed by atoms with E-state index < -0.39 is 51.8 Å². The van der Waals surface area contributed by atoms with Crippen LogP contribution in [-0.4, -0.2) is 65.7 Å².